The van der Waals surface area contributed by atoms with Gasteiger partial charge in [-0.1, -0.05) is 64.8 Å². The van der Waals surface area contributed by atoms with E-state index in [2.05, 4.69) is 83.3 Å². The van der Waals surface area contributed by atoms with Gasteiger partial charge in [0.25, 0.3) is 0 Å². The second-order valence-electron chi connectivity index (χ2n) is 11.0. The van der Waals surface area contributed by atoms with Crippen LogP contribution in [-0.4, -0.2) is 16.8 Å². The Morgan fingerprint density at radius 1 is 0.783 bits per heavy atom. The van der Waals surface area contributed by atoms with Crippen molar-refractivity contribution in [3.8, 4) is 0 Å². The zero-order valence-corrected chi connectivity index (χ0v) is 18.6. The molecule has 0 radical (unpaired) electrons. The van der Waals surface area contributed by atoms with Crippen LogP contribution in [0.25, 0.3) is 0 Å². The molecule has 2 heteroatoms. The fourth-order valence-electron chi connectivity index (χ4n) is 7.13. The molecular formula is C21H42NP. The molecule has 0 aromatic heterocycles. The summed E-state index contributed by atoms with van der Waals surface area (Å²) in [6, 6.07) is 1.26. The first kappa shape index (κ1) is 19.7. The van der Waals surface area contributed by atoms with Crippen molar-refractivity contribution in [2.45, 2.75) is 94.2 Å². The van der Waals surface area contributed by atoms with Crippen molar-refractivity contribution < 1.29 is 0 Å². The molecule has 0 aromatic carbocycles. The lowest BCUT2D eigenvalue weighted by atomic mass is 9.56. The van der Waals surface area contributed by atoms with Crippen LogP contribution in [0.15, 0.2) is 0 Å². The molecule has 136 valence electrons. The standard InChI is InChI=1S/C21H42NP/c1-13-11-19(5,6)17-15(3)16(4)21(9,10)18(17)20(7,8)12-14(2)22(13)23/h13-18H,11-12,23H2,1-10H3. The van der Waals surface area contributed by atoms with E-state index in [1.807, 2.05) is 0 Å². The first-order valence-corrected chi connectivity index (χ1v) is 10.3. The number of nitrogens with zero attached hydrogens (tertiary/aromatic N) is 1. The molecule has 0 spiro atoms. The van der Waals surface area contributed by atoms with E-state index in [0.29, 0.717) is 28.3 Å². The van der Waals surface area contributed by atoms with Crippen LogP contribution in [0.3, 0.4) is 0 Å². The normalized spacial score (nSPS) is 46.6. The van der Waals surface area contributed by atoms with Gasteiger partial charge < -0.3 is 0 Å². The maximum Gasteiger partial charge on any atom is 0.0109 e. The van der Waals surface area contributed by atoms with Gasteiger partial charge in [-0.25, -0.2) is 0 Å². The third-order valence-corrected chi connectivity index (χ3v) is 9.11. The maximum atomic E-state index is 3.04. The Morgan fingerprint density at radius 2 is 1.22 bits per heavy atom. The maximum absolute atomic E-state index is 3.04. The van der Waals surface area contributed by atoms with Gasteiger partial charge >= 0.3 is 0 Å². The summed E-state index contributed by atoms with van der Waals surface area (Å²) in [5.41, 5.74) is 1.19. The molecule has 1 heterocycles. The van der Waals surface area contributed by atoms with E-state index in [0.717, 1.165) is 23.7 Å². The molecule has 7 unspecified atom stereocenters. The molecule has 23 heavy (non-hydrogen) atoms. The van der Waals surface area contributed by atoms with Crippen molar-refractivity contribution in [3.05, 3.63) is 0 Å². The van der Waals surface area contributed by atoms with Crippen LogP contribution in [-0.2, 0) is 0 Å². The first-order chi connectivity index (χ1) is 10.2. The third-order valence-electron chi connectivity index (χ3n) is 8.09. The topological polar surface area (TPSA) is 3.24 Å². The first-order valence-electron chi connectivity index (χ1n) is 9.76. The van der Waals surface area contributed by atoms with Gasteiger partial charge in [0.2, 0.25) is 0 Å². The number of hydrogen-bond donors (Lipinski definition) is 0. The van der Waals surface area contributed by atoms with E-state index < -0.39 is 0 Å². The van der Waals surface area contributed by atoms with Crippen molar-refractivity contribution in [1.82, 2.24) is 4.67 Å². The Balaban J connectivity index is 2.59. The lowest BCUT2D eigenvalue weighted by Crippen LogP contribution is -2.43. The Labute approximate surface area is 148 Å². The van der Waals surface area contributed by atoms with Crippen molar-refractivity contribution in [1.29, 1.82) is 0 Å². The Kier molecular flexibility index (Phi) is 5.12. The molecule has 1 aliphatic heterocycles. The summed E-state index contributed by atoms with van der Waals surface area (Å²) in [5, 5.41) is 0. The fraction of sp³-hybridized carbons (Fsp3) is 1.00. The summed E-state index contributed by atoms with van der Waals surface area (Å²) in [4.78, 5) is 0. The van der Waals surface area contributed by atoms with Gasteiger partial charge in [0, 0.05) is 12.1 Å². The fourth-order valence-corrected chi connectivity index (χ4v) is 7.34. The Morgan fingerprint density at radius 3 is 1.70 bits per heavy atom. The monoisotopic (exact) mass is 339 g/mol. The molecule has 1 saturated carbocycles. The van der Waals surface area contributed by atoms with Gasteiger partial charge in [0.1, 0.15) is 0 Å². The molecule has 2 rings (SSSR count). The molecule has 2 aliphatic rings. The quantitative estimate of drug-likeness (QED) is 0.472. The molecule has 1 aliphatic carbocycles. The Bertz CT molecular complexity index is 439. The van der Waals surface area contributed by atoms with Crippen LogP contribution in [0, 0.1) is 39.9 Å². The van der Waals surface area contributed by atoms with Crippen molar-refractivity contribution in [3.63, 3.8) is 0 Å². The highest BCUT2D eigenvalue weighted by atomic mass is 31.0. The predicted molar refractivity (Wildman–Crippen MR) is 106 cm³/mol. The van der Waals surface area contributed by atoms with E-state index in [1.54, 1.807) is 0 Å². The van der Waals surface area contributed by atoms with Crippen molar-refractivity contribution in [2.24, 2.45) is 39.9 Å². The third kappa shape index (κ3) is 3.15. The molecule has 0 amide bonds. The Hall–Kier alpha value is 0.390. The SMILES string of the molecule is CC1C2C(C(C)(C)CC(C)N(P)C(C)CC2(C)C)C(C)(C)C1C. The van der Waals surface area contributed by atoms with Crippen molar-refractivity contribution in [2.75, 3.05) is 0 Å². The van der Waals surface area contributed by atoms with Gasteiger partial charge in [-0.05, 0) is 66.6 Å². The zero-order valence-electron chi connectivity index (χ0n) is 17.4. The smallest absolute Gasteiger partial charge is 0.0109 e. The molecule has 7 atom stereocenters. The average molecular weight is 340 g/mol. The molecule has 1 saturated heterocycles. The highest BCUT2D eigenvalue weighted by Gasteiger charge is 2.60. The molecule has 0 aromatic rings. The summed E-state index contributed by atoms with van der Waals surface area (Å²) in [7, 11) is 3.04. The van der Waals surface area contributed by atoms with Crippen LogP contribution in [0.5, 0.6) is 0 Å². The second-order valence-corrected chi connectivity index (χ2v) is 11.6. The number of hydrogen-bond acceptors (Lipinski definition) is 1. The molecule has 2 fully saturated rings. The van der Waals surface area contributed by atoms with Crippen LogP contribution >= 0.6 is 9.39 Å². The van der Waals surface area contributed by atoms with E-state index in [4.69, 9.17) is 0 Å². The molecule has 0 N–H and O–H groups in total. The highest BCUT2D eigenvalue weighted by molar-refractivity contribution is 7.13. The predicted octanol–water partition coefficient (Wildman–Crippen LogP) is 6.25. The van der Waals surface area contributed by atoms with Crippen LogP contribution in [0.1, 0.15) is 82.1 Å². The molecular weight excluding hydrogens is 297 g/mol. The number of rotatable bonds is 0. The van der Waals surface area contributed by atoms with E-state index >= 15 is 0 Å². The molecule has 1 nitrogen and oxygen atoms in total. The van der Waals surface area contributed by atoms with E-state index in [9.17, 15) is 0 Å². The minimum absolute atomic E-state index is 0.378. The van der Waals surface area contributed by atoms with E-state index in [1.165, 1.54) is 12.8 Å². The van der Waals surface area contributed by atoms with Crippen LogP contribution in [0.2, 0.25) is 0 Å². The van der Waals surface area contributed by atoms with Gasteiger partial charge in [-0.15, -0.1) is 0 Å². The summed E-state index contributed by atoms with van der Waals surface area (Å²) >= 11 is 0. The largest absolute Gasteiger partial charge is 0.282 e. The van der Waals surface area contributed by atoms with Gasteiger partial charge in [-0.2, -0.15) is 0 Å². The minimum Gasteiger partial charge on any atom is -0.282 e. The van der Waals surface area contributed by atoms with Gasteiger partial charge in [-0.3, -0.25) is 4.67 Å². The summed E-state index contributed by atoms with van der Waals surface area (Å²) < 4.78 is 2.56. The summed E-state index contributed by atoms with van der Waals surface area (Å²) in [5.74, 6) is 3.21. The lowest BCUT2D eigenvalue weighted by molar-refractivity contribution is -0.00164. The lowest BCUT2D eigenvalue weighted by Gasteiger charge is -2.49. The number of fused-ring (bicyclic) bond motifs is 1. The van der Waals surface area contributed by atoms with Crippen molar-refractivity contribution >= 4 is 9.39 Å². The molecule has 0 bridgehead atoms. The second kappa shape index (κ2) is 5.98. The van der Waals surface area contributed by atoms with Crippen LogP contribution < -0.4 is 0 Å². The highest BCUT2D eigenvalue weighted by Crippen LogP contribution is 2.66. The van der Waals surface area contributed by atoms with E-state index in [-0.39, 0.29) is 0 Å². The average Bonchev–Trinajstić information content (AvgIpc) is 2.57. The minimum atomic E-state index is 0.378. The van der Waals surface area contributed by atoms with Crippen LogP contribution in [0.4, 0.5) is 0 Å². The van der Waals surface area contributed by atoms with Gasteiger partial charge in [0.05, 0.1) is 0 Å². The summed E-state index contributed by atoms with van der Waals surface area (Å²) in [6.07, 6.45) is 2.59. The summed E-state index contributed by atoms with van der Waals surface area (Å²) in [6.45, 7) is 25.2. The van der Waals surface area contributed by atoms with Gasteiger partial charge in [0.15, 0.2) is 0 Å². The zero-order chi connectivity index (χ0) is 18.0.